The standard InChI is InChI=1S/C23H25ClN6O3/c1-13(15-3-5-20(25)27-11-15)29-22(31)19-4-6-21-28-12-18(23(32)30(19)21)26-10-14-7-16(24)9-17(8-14)33-2/h3,5,7-9,11-13,19,26H,4,6,10H2,1-2H3,(H2,25,27)(H,29,31)/t13-,19+/m1/s1. The lowest BCUT2D eigenvalue weighted by Crippen LogP contribution is -2.37. The number of aryl methyl sites for hydroxylation is 1. The molecule has 0 aliphatic carbocycles. The number of halogens is 1. The number of anilines is 2. The molecule has 0 saturated carbocycles. The monoisotopic (exact) mass is 468 g/mol. The molecular formula is C23H25ClN6O3. The van der Waals surface area contributed by atoms with Crippen LogP contribution in [0.1, 0.15) is 42.4 Å². The second-order valence-corrected chi connectivity index (χ2v) is 8.35. The van der Waals surface area contributed by atoms with E-state index in [2.05, 4.69) is 20.6 Å². The fourth-order valence-corrected chi connectivity index (χ4v) is 4.13. The van der Waals surface area contributed by atoms with Gasteiger partial charge in [0.2, 0.25) is 5.91 Å². The number of benzene rings is 1. The van der Waals surface area contributed by atoms with Crippen LogP contribution in [0.3, 0.4) is 0 Å². The summed E-state index contributed by atoms with van der Waals surface area (Å²) >= 11 is 6.13. The summed E-state index contributed by atoms with van der Waals surface area (Å²) in [6.45, 7) is 2.21. The number of nitrogens with two attached hydrogens (primary N) is 1. The number of pyridine rings is 1. The molecule has 0 radical (unpaired) electrons. The number of methoxy groups -OCH3 is 1. The van der Waals surface area contributed by atoms with Crippen LogP contribution in [-0.2, 0) is 17.8 Å². The van der Waals surface area contributed by atoms with Crippen LogP contribution in [0.4, 0.5) is 11.5 Å². The normalized spacial score (nSPS) is 15.5. The minimum Gasteiger partial charge on any atom is -0.497 e. The predicted octanol–water partition coefficient (Wildman–Crippen LogP) is 2.86. The molecule has 172 valence electrons. The van der Waals surface area contributed by atoms with Crippen LogP contribution in [-0.4, -0.2) is 27.6 Å². The van der Waals surface area contributed by atoms with Crippen LogP contribution in [0.15, 0.2) is 47.5 Å². The molecule has 2 atom stereocenters. The van der Waals surface area contributed by atoms with Gasteiger partial charge in [0.25, 0.3) is 5.56 Å². The number of rotatable bonds is 7. The molecule has 9 nitrogen and oxygen atoms in total. The third kappa shape index (κ3) is 4.93. The summed E-state index contributed by atoms with van der Waals surface area (Å²) in [6, 6.07) is 7.93. The molecule has 1 aromatic carbocycles. The van der Waals surface area contributed by atoms with Crippen LogP contribution in [0.2, 0.25) is 5.02 Å². The van der Waals surface area contributed by atoms with E-state index < -0.39 is 6.04 Å². The first kappa shape index (κ1) is 22.6. The molecule has 1 aliphatic rings. The summed E-state index contributed by atoms with van der Waals surface area (Å²) < 4.78 is 6.71. The highest BCUT2D eigenvalue weighted by molar-refractivity contribution is 6.30. The Bertz CT molecular complexity index is 1230. The Morgan fingerprint density at radius 1 is 1.30 bits per heavy atom. The topological polar surface area (TPSA) is 124 Å². The smallest absolute Gasteiger partial charge is 0.277 e. The number of amides is 1. The lowest BCUT2D eigenvalue weighted by Gasteiger charge is -2.19. The van der Waals surface area contributed by atoms with Crippen LogP contribution < -0.4 is 26.7 Å². The number of nitrogen functional groups attached to an aromatic ring is 1. The average molecular weight is 469 g/mol. The molecule has 3 heterocycles. The second-order valence-electron chi connectivity index (χ2n) is 7.92. The number of carbonyl (C=O) groups excluding carboxylic acids is 1. The van der Waals surface area contributed by atoms with Crippen molar-refractivity contribution in [2.45, 2.75) is 38.4 Å². The maximum absolute atomic E-state index is 13.2. The van der Waals surface area contributed by atoms with E-state index in [4.69, 9.17) is 22.1 Å². The Hall–Kier alpha value is -3.59. The van der Waals surface area contributed by atoms with Gasteiger partial charge in [-0.15, -0.1) is 0 Å². The Kier molecular flexibility index (Phi) is 6.50. The molecule has 10 heteroatoms. The van der Waals surface area contributed by atoms with Crippen molar-refractivity contribution in [3.05, 3.63) is 75.1 Å². The summed E-state index contributed by atoms with van der Waals surface area (Å²) in [4.78, 5) is 34.7. The summed E-state index contributed by atoms with van der Waals surface area (Å²) in [6.07, 6.45) is 4.20. The number of nitrogens with one attached hydrogen (secondary N) is 2. The van der Waals surface area contributed by atoms with Crippen molar-refractivity contribution in [3.63, 3.8) is 0 Å². The predicted molar refractivity (Wildman–Crippen MR) is 126 cm³/mol. The average Bonchev–Trinajstić information content (AvgIpc) is 3.24. The van der Waals surface area contributed by atoms with E-state index in [0.29, 0.717) is 47.5 Å². The van der Waals surface area contributed by atoms with Crippen LogP contribution >= 0.6 is 11.6 Å². The number of fused-ring (bicyclic) bond motifs is 1. The maximum Gasteiger partial charge on any atom is 0.277 e. The highest BCUT2D eigenvalue weighted by Crippen LogP contribution is 2.25. The van der Waals surface area contributed by atoms with Gasteiger partial charge < -0.3 is 21.1 Å². The van der Waals surface area contributed by atoms with Crippen molar-refractivity contribution < 1.29 is 9.53 Å². The van der Waals surface area contributed by atoms with E-state index >= 15 is 0 Å². The zero-order valence-corrected chi connectivity index (χ0v) is 19.1. The second kappa shape index (κ2) is 9.50. The number of ether oxygens (including phenoxy) is 1. The number of hydrogen-bond donors (Lipinski definition) is 3. The number of carbonyl (C=O) groups is 1. The Balaban J connectivity index is 1.50. The van der Waals surface area contributed by atoms with Gasteiger partial charge in [-0.05, 0) is 48.7 Å². The van der Waals surface area contributed by atoms with Gasteiger partial charge in [0.05, 0.1) is 19.3 Å². The van der Waals surface area contributed by atoms with Gasteiger partial charge in [-0.1, -0.05) is 17.7 Å². The zero-order valence-electron chi connectivity index (χ0n) is 18.3. The van der Waals surface area contributed by atoms with Crippen LogP contribution in [0, 0.1) is 0 Å². The minimum absolute atomic E-state index is 0.237. The first-order valence-corrected chi connectivity index (χ1v) is 10.9. The minimum atomic E-state index is -0.628. The van der Waals surface area contributed by atoms with Crippen molar-refractivity contribution in [2.75, 3.05) is 18.2 Å². The molecule has 0 fully saturated rings. The van der Waals surface area contributed by atoms with Gasteiger partial charge in [0.15, 0.2) is 0 Å². The zero-order chi connectivity index (χ0) is 23.5. The van der Waals surface area contributed by atoms with Crippen molar-refractivity contribution in [2.24, 2.45) is 0 Å². The van der Waals surface area contributed by atoms with E-state index in [1.165, 1.54) is 10.8 Å². The van der Waals surface area contributed by atoms with Gasteiger partial charge in [-0.2, -0.15) is 0 Å². The lowest BCUT2D eigenvalue weighted by molar-refractivity contribution is -0.124. The number of nitrogens with zero attached hydrogens (tertiary/aromatic N) is 3. The van der Waals surface area contributed by atoms with E-state index in [9.17, 15) is 9.59 Å². The van der Waals surface area contributed by atoms with Gasteiger partial charge in [0, 0.05) is 24.2 Å². The first-order chi connectivity index (χ1) is 15.9. The fraction of sp³-hybridized carbons (Fsp3) is 0.304. The highest BCUT2D eigenvalue weighted by Gasteiger charge is 2.31. The van der Waals surface area contributed by atoms with Gasteiger partial charge in [-0.25, -0.2) is 9.97 Å². The number of aromatic nitrogens is 3. The van der Waals surface area contributed by atoms with Gasteiger partial charge in [0.1, 0.15) is 29.1 Å². The van der Waals surface area contributed by atoms with Crippen molar-refractivity contribution in [1.29, 1.82) is 0 Å². The van der Waals surface area contributed by atoms with Crippen molar-refractivity contribution >= 4 is 29.0 Å². The summed E-state index contributed by atoms with van der Waals surface area (Å²) in [5.74, 6) is 1.40. The fourth-order valence-electron chi connectivity index (χ4n) is 3.88. The van der Waals surface area contributed by atoms with Crippen LogP contribution in [0.25, 0.3) is 0 Å². The van der Waals surface area contributed by atoms with E-state index in [1.54, 1.807) is 31.5 Å². The van der Waals surface area contributed by atoms with E-state index in [0.717, 1.165) is 11.1 Å². The van der Waals surface area contributed by atoms with Gasteiger partial charge in [-0.3, -0.25) is 14.2 Å². The van der Waals surface area contributed by atoms with Crippen molar-refractivity contribution in [3.8, 4) is 5.75 Å². The Morgan fingerprint density at radius 2 is 2.12 bits per heavy atom. The Labute approximate surface area is 196 Å². The molecule has 33 heavy (non-hydrogen) atoms. The molecule has 4 rings (SSSR count). The Morgan fingerprint density at radius 3 is 2.85 bits per heavy atom. The summed E-state index contributed by atoms with van der Waals surface area (Å²) in [5, 5.41) is 6.61. The molecule has 2 aromatic heterocycles. The first-order valence-electron chi connectivity index (χ1n) is 10.5. The molecule has 1 amide bonds. The third-order valence-electron chi connectivity index (χ3n) is 5.64. The SMILES string of the molecule is COc1cc(Cl)cc(CNc2cnc3n(c2=O)[C@H](C(=O)N[C@H](C)c2ccc(N)nc2)CC3)c1. The van der Waals surface area contributed by atoms with Crippen LogP contribution in [0.5, 0.6) is 5.75 Å². The maximum atomic E-state index is 13.2. The third-order valence-corrected chi connectivity index (χ3v) is 5.86. The molecule has 1 aliphatic heterocycles. The molecule has 3 aromatic rings. The molecule has 0 saturated heterocycles. The highest BCUT2D eigenvalue weighted by atomic mass is 35.5. The summed E-state index contributed by atoms with van der Waals surface area (Å²) in [5.41, 5.74) is 7.34. The van der Waals surface area contributed by atoms with Crippen molar-refractivity contribution in [1.82, 2.24) is 19.9 Å². The quantitative estimate of drug-likeness (QED) is 0.487. The lowest BCUT2D eigenvalue weighted by atomic mass is 10.1. The summed E-state index contributed by atoms with van der Waals surface area (Å²) in [7, 11) is 1.56. The molecule has 4 N–H and O–H groups in total. The molecular weight excluding hydrogens is 444 g/mol. The van der Waals surface area contributed by atoms with E-state index in [-0.39, 0.29) is 17.5 Å². The largest absolute Gasteiger partial charge is 0.497 e. The van der Waals surface area contributed by atoms with E-state index in [1.807, 2.05) is 19.1 Å². The van der Waals surface area contributed by atoms with Gasteiger partial charge >= 0.3 is 0 Å². The molecule has 0 unspecified atom stereocenters. The molecule has 0 spiro atoms. The number of hydrogen-bond acceptors (Lipinski definition) is 7. The molecule has 0 bridgehead atoms.